The van der Waals surface area contributed by atoms with E-state index >= 15 is 0 Å². The molecule has 0 saturated carbocycles. The molecule has 0 aromatic heterocycles. The summed E-state index contributed by atoms with van der Waals surface area (Å²) >= 11 is 0. The Morgan fingerprint density at radius 3 is 2.23 bits per heavy atom. The second-order valence-corrected chi connectivity index (χ2v) is 8.52. The summed E-state index contributed by atoms with van der Waals surface area (Å²) in [6.07, 6.45) is 1.47. The molecule has 0 aliphatic carbocycles. The number of nitrogens with zero attached hydrogens (tertiary/aromatic N) is 3. The van der Waals surface area contributed by atoms with Crippen molar-refractivity contribution in [3.8, 4) is 0 Å². The van der Waals surface area contributed by atoms with Gasteiger partial charge >= 0.3 is 0 Å². The van der Waals surface area contributed by atoms with E-state index in [-0.39, 0.29) is 24.1 Å². The zero-order valence-electron chi connectivity index (χ0n) is 17.4. The van der Waals surface area contributed by atoms with Gasteiger partial charge in [-0.2, -0.15) is 0 Å². The lowest BCUT2D eigenvalue weighted by Gasteiger charge is -2.44. The smallest absolute Gasteiger partial charge is 0.247 e. The number of piperidine rings is 1. The van der Waals surface area contributed by atoms with Crippen LogP contribution in [0.1, 0.15) is 24.8 Å². The van der Waals surface area contributed by atoms with Gasteiger partial charge in [-0.05, 0) is 30.5 Å². The standard InChI is InChI=1S/C24H26N4O3/c29-21-15-20(22(30)27(21)16-18-7-3-1-4-8-18)26-13-11-24(12-14-26)23(31)25-17-28(24)19-9-5-2-6-10-19/h1-10,20H,11-17H2,(H,25,31)/t20-/m0/s1. The summed E-state index contributed by atoms with van der Waals surface area (Å²) in [5.41, 5.74) is 1.38. The predicted octanol–water partition coefficient (Wildman–Crippen LogP) is 1.74. The first-order chi connectivity index (χ1) is 15.1. The van der Waals surface area contributed by atoms with Crippen LogP contribution in [0.15, 0.2) is 60.7 Å². The molecule has 3 amide bonds. The van der Waals surface area contributed by atoms with Crippen LogP contribution in [-0.4, -0.2) is 58.9 Å². The molecular formula is C24H26N4O3. The molecule has 3 heterocycles. The molecule has 3 aliphatic rings. The number of imide groups is 1. The number of hydrogen-bond acceptors (Lipinski definition) is 5. The van der Waals surface area contributed by atoms with E-state index in [0.717, 1.165) is 11.3 Å². The number of rotatable bonds is 4. The summed E-state index contributed by atoms with van der Waals surface area (Å²) in [6.45, 7) is 2.03. The Bertz CT molecular complexity index is 986. The monoisotopic (exact) mass is 418 g/mol. The molecule has 7 nitrogen and oxygen atoms in total. The first-order valence-corrected chi connectivity index (χ1v) is 10.8. The molecule has 3 saturated heterocycles. The number of hydrogen-bond donors (Lipinski definition) is 1. The molecule has 1 N–H and O–H groups in total. The number of carbonyl (C=O) groups is 3. The minimum Gasteiger partial charge on any atom is -0.339 e. The van der Waals surface area contributed by atoms with Crippen LogP contribution in [0.2, 0.25) is 0 Å². The summed E-state index contributed by atoms with van der Waals surface area (Å²) in [7, 11) is 0. The van der Waals surface area contributed by atoms with Gasteiger partial charge in [0.05, 0.1) is 25.7 Å². The molecule has 5 rings (SSSR count). The maximum absolute atomic E-state index is 13.1. The predicted molar refractivity (Wildman–Crippen MR) is 116 cm³/mol. The highest BCUT2D eigenvalue weighted by Gasteiger charge is 2.52. The number of benzene rings is 2. The van der Waals surface area contributed by atoms with E-state index in [1.165, 1.54) is 4.90 Å². The van der Waals surface area contributed by atoms with Gasteiger partial charge in [0.2, 0.25) is 17.7 Å². The third kappa shape index (κ3) is 3.39. The van der Waals surface area contributed by atoms with Crippen LogP contribution < -0.4 is 10.2 Å². The topological polar surface area (TPSA) is 73.0 Å². The second kappa shape index (κ2) is 7.81. The lowest BCUT2D eigenvalue weighted by atomic mass is 9.85. The van der Waals surface area contributed by atoms with Gasteiger partial charge in [-0.1, -0.05) is 48.5 Å². The largest absolute Gasteiger partial charge is 0.339 e. The molecule has 2 aromatic rings. The summed E-state index contributed by atoms with van der Waals surface area (Å²) in [6, 6.07) is 19.1. The van der Waals surface area contributed by atoms with Crippen molar-refractivity contribution in [2.45, 2.75) is 37.4 Å². The Morgan fingerprint density at radius 1 is 0.903 bits per heavy atom. The normalized spacial score (nSPS) is 23.6. The third-order valence-electron chi connectivity index (χ3n) is 6.87. The SMILES string of the molecule is O=C1C[C@H](N2CCC3(CC2)C(=O)NCN3c2ccccc2)C(=O)N1Cc1ccccc1. The molecule has 0 radical (unpaired) electrons. The van der Waals surface area contributed by atoms with Crippen molar-refractivity contribution in [2.75, 3.05) is 24.7 Å². The van der Waals surface area contributed by atoms with E-state index in [1.54, 1.807) is 0 Å². The molecule has 1 spiro atoms. The summed E-state index contributed by atoms with van der Waals surface area (Å²) in [4.78, 5) is 44.1. The molecule has 31 heavy (non-hydrogen) atoms. The molecule has 3 aliphatic heterocycles. The zero-order valence-corrected chi connectivity index (χ0v) is 17.4. The van der Waals surface area contributed by atoms with Gasteiger partial charge in [0, 0.05) is 18.8 Å². The van der Waals surface area contributed by atoms with Crippen LogP contribution in [-0.2, 0) is 20.9 Å². The van der Waals surface area contributed by atoms with E-state index in [2.05, 4.69) is 15.1 Å². The van der Waals surface area contributed by atoms with Gasteiger partial charge in [0.15, 0.2) is 0 Å². The zero-order chi connectivity index (χ0) is 21.4. The van der Waals surface area contributed by atoms with Gasteiger partial charge in [-0.25, -0.2) is 0 Å². The van der Waals surface area contributed by atoms with Crippen molar-refractivity contribution >= 4 is 23.4 Å². The van der Waals surface area contributed by atoms with Crippen molar-refractivity contribution in [3.05, 3.63) is 66.2 Å². The molecule has 160 valence electrons. The van der Waals surface area contributed by atoms with Crippen molar-refractivity contribution < 1.29 is 14.4 Å². The van der Waals surface area contributed by atoms with E-state index in [1.807, 2.05) is 60.7 Å². The summed E-state index contributed by atoms with van der Waals surface area (Å²) in [5, 5.41) is 3.00. The van der Waals surface area contributed by atoms with Gasteiger partial charge in [-0.15, -0.1) is 0 Å². The van der Waals surface area contributed by atoms with Crippen LogP contribution in [0.25, 0.3) is 0 Å². The van der Waals surface area contributed by atoms with Gasteiger partial charge in [0.1, 0.15) is 5.54 Å². The highest BCUT2D eigenvalue weighted by Crippen LogP contribution is 2.37. The van der Waals surface area contributed by atoms with E-state index in [0.29, 0.717) is 39.1 Å². The average Bonchev–Trinajstić information content (AvgIpc) is 3.27. The minimum absolute atomic E-state index is 0.0514. The van der Waals surface area contributed by atoms with E-state index in [4.69, 9.17) is 0 Å². The lowest BCUT2D eigenvalue weighted by molar-refractivity contribution is -0.140. The summed E-state index contributed by atoms with van der Waals surface area (Å²) in [5.74, 6) is -0.195. The molecular weight excluding hydrogens is 392 g/mol. The number of amides is 3. The third-order valence-corrected chi connectivity index (χ3v) is 6.87. The van der Waals surface area contributed by atoms with Crippen molar-refractivity contribution in [3.63, 3.8) is 0 Å². The highest BCUT2D eigenvalue weighted by atomic mass is 16.2. The van der Waals surface area contributed by atoms with Gasteiger partial charge in [-0.3, -0.25) is 24.2 Å². The number of anilines is 1. The lowest BCUT2D eigenvalue weighted by Crippen LogP contribution is -2.58. The average molecular weight is 418 g/mol. The fourth-order valence-electron chi connectivity index (χ4n) is 5.12. The Kier molecular flexibility index (Phi) is 4.98. The Labute approximate surface area is 181 Å². The minimum atomic E-state index is -0.590. The molecule has 0 unspecified atom stereocenters. The Balaban J connectivity index is 1.29. The molecule has 1 atom stereocenters. The fourth-order valence-corrected chi connectivity index (χ4v) is 5.12. The first-order valence-electron chi connectivity index (χ1n) is 10.8. The van der Waals surface area contributed by atoms with Crippen LogP contribution in [0, 0.1) is 0 Å². The second-order valence-electron chi connectivity index (χ2n) is 8.52. The van der Waals surface area contributed by atoms with E-state index < -0.39 is 11.6 Å². The van der Waals surface area contributed by atoms with Crippen LogP contribution in [0.5, 0.6) is 0 Å². The molecule has 3 fully saturated rings. The first kappa shape index (κ1) is 19.8. The fraction of sp³-hybridized carbons (Fsp3) is 0.375. The maximum atomic E-state index is 13.1. The van der Waals surface area contributed by atoms with Crippen molar-refractivity contribution in [2.24, 2.45) is 0 Å². The maximum Gasteiger partial charge on any atom is 0.247 e. The molecule has 0 bridgehead atoms. The number of likely N-dealkylation sites (tertiary alicyclic amines) is 2. The number of carbonyl (C=O) groups excluding carboxylic acids is 3. The Morgan fingerprint density at radius 2 is 1.55 bits per heavy atom. The van der Waals surface area contributed by atoms with Crippen LogP contribution in [0.4, 0.5) is 5.69 Å². The van der Waals surface area contributed by atoms with Crippen LogP contribution >= 0.6 is 0 Å². The number of nitrogens with one attached hydrogen (secondary N) is 1. The van der Waals surface area contributed by atoms with Gasteiger partial charge in [0.25, 0.3) is 0 Å². The van der Waals surface area contributed by atoms with Crippen molar-refractivity contribution in [1.29, 1.82) is 0 Å². The number of para-hydroxylation sites is 1. The summed E-state index contributed by atoms with van der Waals surface area (Å²) < 4.78 is 0. The highest BCUT2D eigenvalue weighted by molar-refractivity contribution is 6.05. The molecule has 2 aromatic carbocycles. The molecule has 7 heteroatoms. The quantitative estimate of drug-likeness (QED) is 0.766. The van der Waals surface area contributed by atoms with E-state index in [9.17, 15) is 14.4 Å². The van der Waals surface area contributed by atoms with Gasteiger partial charge < -0.3 is 10.2 Å². The Hall–Kier alpha value is -3.19. The van der Waals surface area contributed by atoms with Crippen molar-refractivity contribution in [1.82, 2.24) is 15.1 Å². The van der Waals surface area contributed by atoms with Crippen LogP contribution in [0.3, 0.4) is 0 Å².